The topological polar surface area (TPSA) is 120 Å². The summed E-state index contributed by atoms with van der Waals surface area (Å²) in [6.07, 6.45) is 3.18. The van der Waals surface area contributed by atoms with Gasteiger partial charge in [0.2, 0.25) is 5.91 Å². The number of nitrogens with zero attached hydrogens (tertiary/aromatic N) is 4. The first-order chi connectivity index (χ1) is 16.9. The molecule has 1 amide bonds. The van der Waals surface area contributed by atoms with Gasteiger partial charge in [-0.1, -0.05) is 18.2 Å². The molecule has 9 nitrogen and oxygen atoms in total. The van der Waals surface area contributed by atoms with Gasteiger partial charge >= 0.3 is 0 Å². The summed E-state index contributed by atoms with van der Waals surface area (Å²) in [4.78, 5) is 24.8. The van der Waals surface area contributed by atoms with Crippen LogP contribution in [0, 0.1) is 5.41 Å². The van der Waals surface area contributed by atoms with E-state index in [-0.39, 0.29) is 23.5 Å². The zero-order valence-electron chi connectivity index (χ0n) is 20.1. The van der Waals surface area contributed by atoms with Crippen molar-refractivity contribution in [1.82, 2.24) is 19.8 Å². The Balaban J connectivity index is 1.49. The second kappa shape index (κ2) is 11.0. The minimum absolute atomic E-state index is 0.0114. The van der Waals surface area contributed by atoms with Crippen molar-refractivity contribution in [2.24, 2.45) is 0 Å². The van der Waals surface area contributed by atoms with Crippen LogP contribution in [0.5, 0.6) is 11.5 Å². The molecule has 4 rings (SSSR count). The van der Waals surface area contributed by atoms with Crippen molar-refractivity contribution in [2.45, 2.75) is 18.9 Å². The lowest BCUT2D eigenvalue weighted by Gasteiger charge is -2.34. The van der Waals surface area contributed by atoms with Gasteiger partial charge in [0, 0.05) is 24.7 Å². The summed E-state index contributed by atoms with van der Waals surface area (Å²) >= 11 is 0. The first kappa shape index (κ1) is 24.2. The molecule has 1 aliphatic rings. The number of benzene rings is 2. The minimum Gasteiger partial charge on any atom is -0.457 e. The standard InChI is InChI=1S/C26H31N7O2/c1-32(2)16-22(34)33-14-6-7-19(15-33)31-26-23(25(28)29-17-30-26)24(27)18-10-12-21(13-11-18)35-20-8-4-3-5-9-20/h3-5,8-13,17,19,27H,6-7,14-16H2,1-2H3,(H3,28,29,30,31). The van der Waals surface area contributed by atoms with Gasteiger partial charge in [-0.05, 0) is 63.3 Å². The molecule has 9 heteroatoms. The number of likely N-dealkylation sites (N-methyl/N-ethyl adjacent to an activating group) is 1. The molecule has 0 bridgehead atoms. The molecule has 1 unspecified atom stereocenters. The average molecular weight is 474 g/mol. The molecular weight excluding hydrogens is 442 g/mol. The molecule has 3 aromatic rings. The number of para-hydroxylation sites is 1. The number of ether oxygens (including phenoxy) is 1. The van der Waals surface area contributed by atoms with Crippen LogP contribution in [-0.4, -0.2) is 71.2 Å². The largest absolute Gasteiger partial charge is 0.457 e. The summed E-state index contributed by atoms with van der Waals surface area (Å²) in [5.41, 5.74) is 7.53. The molecule has 1 saturated heterocycles. The second-order valence-corrected chi connectivity index (χ2v) is 8.86. The van der Waals surface area contributed by atoms with Crippen LogP contribution in [0.25, 0.3) is 0 Å². The lowest BCUT2D eigenvalue weighted by molar-refractivity contribution is -0.132. The molecule has 0 aliphatic carbocycles. The zero-order chi connectivity index (χ0) is 24.8. The van der Waals surface area contributed by atoms with E-state index >= 15 is 0 Å². The van der Waals surface area contributed by atoms with E-state index in [0.717, 1.165) is 25.1 Å². The maximum absolute atomic E-state index is 12.5. The fraction of sp³-hybridized carbons (Fsp3) is 0.308. The Morgan fingerprint density at radius 1 is 1.14 bits per heavy atom. The number of piperidine rings is 1. The molecule has 1 atom stereocenters. The Morgan fingerprint density at radius 3 is 2.57 bits per heavy atom. The van der Waals surface area contributed by atoms with E-state index in [1.165, 1.54) is 6.33 Å². The van der Waals surface area contributed by atoms with Crippen molar-refractivity contribution in [3.8, 4) is 11.5 Å². The predicted octanol–water partition coefficient (Wildman–Crippen LogP) is 3.23. The number of hydrogen-bond acceptors (Lipinski definition) is 8. The monoisotopic (exact) mass is 473 g/mol. The highest BCUT2D eigenvalue weighted by Crippen LogP contribution is 2.26. The molecule has 0 saturated carbocycles. The van der Waals surface area contributed by atoms with Crippen molar-refractivity contribution in [3.63, 3.8) is 0 Å². The molecule has 2 heterocycles. The van der Waals surface area contributed by atoms with Crippen LogP contribution in [0.2, 0.25) is 0 Å². The summed E-state index contributed by atoms with van der Waals surface area (Å²) in [5, 5.41) is 12.3. The third-order valence-electron chi connectivity index (χ3n) is 5.81. The molecule has 35 heavy (non-hydrogen) atoms. The highest BCUT2D eigenvalue weighted by Gasteiger charge is 2.26. The van der Waals surface area contributed by atoms with Crippen LogP contribution in [0.3, 0.4) is 0 Å². The van der Waals surface area contributed by atoms with E-state index in [1.54, 1.807) is 0 Å². The van der Waals surface area contributed by atoms with Gasteiger partial charge in [0.15, 0.2) is 0 Å². The predicted molar refractivity (Wildman–Crippen MR) is 137 cm³/mol. The fourth-order valence-electron chi connectivity index (χ4n) is 4.10. The Labute approximate surface area is 205 Å². The van der Waals surface area contributed by atoms with Crippen LogP contribution >= 0.6 is 0 Å². The van der Waals surface area contributed by atoms with Crippen LogP contribution in [-0.2, 0) is 4.79 Å². The highest BCUT2D eigenvalue weighted by molar-refractivity contribution is 6.16. The van der Waals surface area contributed by atoms with Gasteiger partial charge in [0.25, 0.3) is 0 Å². The van der Waals surface area contributed by atoms with Crippen LogP contribution in [0.15, 0.2) is 60.9 Å². The van der Waals surface area contributed by atoms with Gasteiger partial charge in [-0.2, -0.15) is 0 Å². The molecule has 2 aromatic carbocycles. The number of hydrogen-bond donors (Lipinski definition) is 3. The summed E-state index contributed by atoms with van der Waals surface area (Å²) in [7, 11) is 3.78. The Kier molecular flexibility index (Phi) is 7.57. The normalized spacial score (nSPS) is 15.6. The number of amides is 1. The zero-order valence-corrected chi connectivity index (χ0v) is 20.1. The molecule has 0 spiro atoms. The maximum Gasteiger partial charge on any atom is 0.236 e. The number of nitrogens with one attached hydrogen (secondary N) is 2. The maximum atomic E-state index is 12.5. The van der Waals surface area contributed by atoms with Crippen molar-refractivity contribution < 1.29 is 9.53 Å². The number of aromatic nitrogens is 2. The molecule has 1 aromatic heterocycles. The van der Waals surface area contributed by atoms with Crippen molar-refractivity contribution >= 4 is 23.3 Å². The van der Waals surface area contributed by atoms with Gasteiger partial charge in [-0.3, -0.25) is 10.2 Å². The summed E-state index contributed by atoms with van der Waals surface area (Å²) in [6, 6.07) is 16.8. The Bertz CT molecular complexity index is 1170. The third-order valence-corrected chi connectivity index (χ3v) is 5.81. The van der Waals surface area contributed by atoms with Gasteiger partial charge < -0.3 is 25.6 Å². The van der Waals surface area contributed by atoms with E-state index in [9.17, 15) is 4.79 Å². The molecule has 1 aliphatic heterocycles. The van der Waals surface area contributed by atoms with Crippen molar-refractivity contribution in [2.75, 3.05) is 44.8 Å². The SMILES string of the molecule is CN(C)CC(=O)N1CCCC(Nc2ncnc(N)c2C(=N)c2ccc(Oc3ccccc3)cc2)C1. The lowest BCUT2D eigenvalue weighted by atomic mass is 10.0. The van der Waals surface area contributed by atoms with Gasteiger partial charge in [0.1, 0.15) is 29.5 Å². The van der Waals surface area contributed by atoms with E-state index in [1.807, 2.05) is 78.5 Å². The number of carbonyl (C=O) groups excluding carboxylic acids is 1. The number of nitrogen functional groups attached to an aromatic ring is 1. The van der Waals surface area contributed by atoms with Crippen molar-refractivity contribution in [1.29, 1.82) is 5.41 Å². The second-order valence-electron chi connectivity index (χ2n) is 8.86. The highest BCUT2D eigenvalue weighted by atomic mass is 16.5. The number of carbonyl (C=O) groups is 1. The quantitative estimate of drug-likeness (QED) is 0.430. The average Bonchev–Trinajstić information content (AvgIpc) is 2.85. The third kappa shape index (κ3) is 6.13. The Hall–Kier alpha value is -3.98. The first-order valence-corrected chi connectivity index (χ1v) is 11.6. The number of likely N-dealkylation sites (tertiary alicyclic amines) is 1. The van der Waals surface area contributed by atoms with E-state index < -0.39 is 0 Å². The molecule has 0 radical (unpaired) electrons. The van der Waals surface area contributed by atoms with E-state index in [4.69, 9.17) is 15.9 Å². The van der Waals surface area contributed by atoms with Gasteiger partial charge in [-0.15, -0.1) is 0 Å². The Morgan fingerprint density at radius 2 is 1.86 bits per heavy atom. The molecular formula is C26H31N7O2. The number of rotatable bonds is 8. The van der Waals surface area contributed by atoms with Crippen molar-refractivity contribution in [3.05, 3.63) is 72.1 Å². The smallest absolute Gasteiger partial charge is 0.236 e. The lowest BCUT2D eigenvalue weighted by Crippen LogP contribution is -2.48. The van der Waals surface area contributed by atoms with Crippen LogP contribution in [0.4, 0.5) is 11.6 Å². The summed E-state index contributed by atoms with van der Waals surface area (Å²) in [6.45, 7) is 1.71. The van der Waals surface area contributed by atoms with Gasteiger partial charge in [-0.25, -0.2) is 9.97 Å². The molecule has 182 valence electrons. The molecule has 1 fully saturated rings. The minimum atomic E-state index is 0.0114. The van der Waals surface area contributed by atoms with Crippen LogP contribution < -0.4 is 15.8 Å². The van der Waals surface area contributed by atoms with Crippen LogP contribution in [0.1, 0.15) is 24.0 Å². The molecule has 4 N–H and O–H groups in total. The van der Waals surface area contributed by atoms with Gasteiger partial charge in [0.05, 0.1) is 17.8 Å². The number of anilines is 2. The van der Waals surface area contributed by atoms with E-state index in [2.05, 4.69) is 15.3 Å². The van der Waals surface area contributed by atoms with E-state index in [0.29, 0.717) is 35.8 Å². The summed E-state index contributed by atoms with van der Waals surface area (Å²) < 4.78 is 5.85. The summed E-state index contributed by atoms with van der Waals surface area (Å²) in [5.74, 6) is 2.25. The first-order valence-electron chi connectivity index (χ1n) is 11.6. The fourth-order valence-corrected chi connectivity index (χ4v) is 4.10. The number of nitrogens with two attached hydrogens (primary N) is 1.